The number of ketones is 1. The highest BCUT2D eigenvalue weighted by Crippen LogP contribution is 2.26. The minimum Gasteiger partial charge on any atom is -0.510 e. The second-order valence-corrected chi connectivity index (χ2v) is 16.4. The van der Waals surface area contributed by atoms with Gasteiger partial charge in [0.2, 0.25) is 41.4 Å². The van der Waals surface area contributed by atoms with Gasteiger partial charge in [0.15, 0.2) is 5.78 Å². The average Bonchev–Trinajstić information content (AvgIpc) is 4.02. The van der Waals surface area contributed by atoms with Crippen molar-refractivity contribution in [1.29, 1.82) is 0 Å². The number of cyclic esters (lactones) is 1. The molecule has 18 heteroatoms. The molecule has 0 bridgehead atoms. The van der Waals surface area contributed by atoms with Crippen molar-refractivity contribution in [3.8, 4) is 0 Å². The third kappa shape index (κ3) is 13.2. The highest BCUT2D eigenvalue weighted by Gasteiger charge is 2.44. The summed E-state index contributed by atoms with van der Waals surface area (Å²) in [5.41, 5.74) is 0.616. The molecule has 0 saturated carbocycles. The molecule has 0 spiro atoms. The Labute approximate surface area is 377 Å². The van der Waals surface area contributed by atoms with E-state index in [1.165, 1.54) is 59.9 Å². The largest absolute Gasteiger partial charge is 0.510 e. The van der Waals surface area contributed by atoms with Gasteiger partial charge < -0.3 is 45.8 Å². The highest BCUT2D eigenvalue weighted by molar-refractivity contribution is 6.03. The Bertz CT molecular complexity index is 2200. The molecule has 5 rings (SSSR count). The predicted molar refractivity (Wildman–Crippen MR) is 237 cm³/mol. The molecule has 1 aromatic carbocycles. The van der Waals surface area contributed by atoms with E-state index in [0.29, 0.717) is 12.0 Å². The van der Waals surface area contributed by atoms with Gasteiger partial charge in [-0.2, -0.15) is 0 Å². The van der Waals surface area contributed by atoms with Crippen LogP contribution < -0.4 is 21.3 Å². The number of nitrogens with zero attached hydrogens (tertiary/aromatic N) is 3. The maximum absolute atomic E-state index is 14.4. The Morgan fingerprint density at radius 3 is 2.12 bits per heavy atom. The van der Waals surface area contributed by atoms with E-state index in [1.54, 1.807) is 66.8 Å². The summed E-state index contributed by atoms with van der Waals surface area (Å²) in [6, 6.07) is 2.15. The minimum absolute atomic E-state index is 0.0250. The van der Waals surface area contributed by atoms with Crippen molar-refractivity contribution in [1.82, 2.24) is 36.0 Å². The molecule has 1 aromatic rings. The molecule has 4 aliphatic rings. The number of aliphatic hydroxyl groups excluding tert-OH is 1. The quantitative estimate of drug-likeness (QED) is 0.114. The van der Waals surface area contributed by atoms with Crippen LogP contribution in [0.2, 0.25) is 0 Å². The minimum atomic E-state index is -1.49. The van der Waals surface area contributed by atoms with Crippen molar-refractivity contribution in [3.63, 3.8) is 0 Å². The molecule has 5 N–H and O–H groups in total. The molecule has 3 aliphatic heterocycles. The van der Waals surface area contributed by atoms with Crippen LogP contribution in [0, 0.1) is 5.92 Å². The zero-order chi connectivity index (χ0) is 47.2. The lowest BCUT2D eigenvalue weighted by molar-refractivity contribution is -0.158. The molecule has 0 aromatic heterocycles. The van der Waals surface area contributed by atoms with Crippen LogP contribution >= 0.6 is 0 Å². The van der Waals surface area contributed by atoms with E-state index in [2.05, 4.69) is 21.3 Å². The number of aliphatic hydroxyl groups is 1. The molecule has 7 amide bonds. The summed E-state index contributed by atoms with van der Waals surface area (Å²) >= 11 is 0. The van der Waals surface area contributed by atoms with Gasteiger partial charge in [-0.1, -0.05) is 85.9 Å². The number of hydrogen-bond donors (Lipinski definition) is 5. The van der Waals surface area contributed by atoms with Gasteiger partial charge in [-0.05, 0) is 44.6 Å². The van der Waals surface area contributed by atoms with Crippen LogP contribution in [0.5, 0.6) is 0 Å². The predicted octanol–water partition coefficient (Wildman–Crippen LogP) is 1.36. The Balaban J connectivity index is 1.29. The molecular formula is C47H57N7O11. The number of esters is 1. The number of carbonyl (C=O) groups excluding carboxylic acids is 9. The summed E-state index contributed by atoms with van der Waals surface area (Å²) in [6.45, 7) is 4.65. The van der Waals surface area contributed by atoms with Crippen molar-refractivity contribution in [3.05, 3.63) is 108 Å². The second-order valence-electron chi connectivity index (χ2n) is 16.4. The van der Waals surface area contributed by atoms with Crippen molar-refractivity contribution in [2.75, 3.05) is 26.7 Å². The number of amides is 7. The average molecular weight is 896 g/mol. The van der Waals surface area contributed by atoms with Crippen molar-refractivity contribution >= 4 is 53.1 Å². The normalized spacial score (nSPS) is 25.6. The van der Waals surface area contributed by atoms with Gasteiger partial charge in [0.25, 0.3) is 0 Å². The molecule has 7 atom stereocenters. The van der Waals surface area contributed by atoms with Crippen molar-refractivity contribution in [2.24, 2.45) is 5.92 Å². The van der Waals surface area contributed by atoms with Crippen LogP contribution in [-0.2, 0) is 54.3 Å². The monoisotopic (exact) mass is 895 g/mol. The lowest BCUT2D eigenvalue weighted by Gasteiger charge is -2.34. The second kappa shape index (κ2) is 23.0. The van der Waals surface area contributed by atoms with Crippen molar-refractivity contribution < 1.29 is 53.0 Å². The van der Waals surface area contributed by atoms with E-state index < -0.39 is 90.2 Å². The third-order valence-electron chi connectivity index (χ3n) is 11.5. The molecule has 3 saturated heterocycles. The Morgan fingerprint density at radius 2 is 1.48 bits per heavy atom. The van der Waals surface area contributed by atoms with Crippen LogP contribution in [0.25, 0.3) is 0 Å². The number of likely N-dealkylation sites (N-methyl/N-ethyl adjacent to an activating group) is 1. The zero-order valence-corrected chi connectivity index (χ0v) is 36.9. The summed E-state index contributed by atoms with van der Waals surface area (Å²) in [6.07, 6.45) is 16.5. The molecule has 3 fully saturated rings. The van der Waals surface area contributed by atoms with Gasteiger partial charge in [-0.15, -0.1) is 0 Å². The maximum atomic E-state index is 14.4. The van der Waals surface area contributed by atoms with Crippen LogP contribution in [-0.4, -0.2) is 136 Å². The first-order chi connectivity index (χ1) is 31.0. The molecule has 2 unspecified atom stereocenters. The van der Waals surface area contributed by atoms with Gasteiger partial charge in [-0.25, -0.2) is 4.79 Å². The lowest BCUT2D eigenvalue weighted by atomic mass is 10.0. The van der Waals surface area contributed by atoms with Gasteiger partial charge in [0, 0.05) is 51.6 Å². The van der Waals surface area contributed by atoms with Crippen molar-refractivity contribution in [2.45, 2.75) is 95.5 Å². The van der Waals surface area contributed by atoms with Crippen LogP contribution in [0.15, 0.2) is 103 Å². The summed E-state index contributed by atoms with van der Waals surface area (Å²) in [4.78, 5) is 124. The van der Waals surface area contributed by atoms with Gasteiger partial charge in [-0.3, -0.25) is 38.4 Å². The summed E-state index contributed by atoms with van der Waals surface area (Å²) < 4.78 is 5.70. The summed E-state index contributed by atoms with van der Waals surface area (Å²) in [7, 11) is 1.44. The molecule has 3 heterocycles. The zero-order valence-electron chi connectivity index (χ0n) is 36.9. The first kappa shape index (κ1) is 48.9. The Morgan fingerprint density at radius 1 is 0.831 bits per heavy atom. The molecule has 1 aliphatic carbocycles. The van der Waals surface area contributed by atoms with Crippen LogP contribution in [0.1, 0.15) is 58.4 Å². The van der Waals surface area contributed by atoms with Crippen LogP contribution in [0.4, 0.5) is 0 Å². The number of hydrogen-bond acceptors (Lipinski definition) is 11. The van der Waals surface area contributed by atoms with Crippen LogP contribution in [0.3, 0.4) is 0 Å². The third-order valence-corrected chi connectivity index (χ3v) is 11.5. The van der Waals surface area contributed by atoms with E-state index in [1.807, 2.05) is 6.92 Å². The number of nitrogens with one attached hydrogen (secondary N) is 4. The van der Waals surface area contributed by atoms with E-state index in [0.717, 1.165) is 0 Å². The lowest BCUT2D eigenvalue weighted by Crippen LogP contribution is -2.60. The molecule has 65 heavy (non-hydrogen) atoms. The number of Topliss-reactive ketones (excluding diaryl/α,β-unsaturated/α-hetero) is 1. The Hall–Kier alpha value is -7.11. The van der Waals surface area contributed by atoms with E-state index in [9.17, 15) is 48.3 Å². The first-order valence-electron chi connectivity index (χ1n) is 21.7. The maximum Gasteiger partial charge on any atom is 0.328 e. The summed E-state index contributed by atoms with van der Waals surface area (Å²) in [5, 5.41) is 20.1. The van der Waals surface area contributed by atoms with E-state index >= 15 is 0 Å². The van der Waals surface area contributed by atoms with Gasteiger partial charge >= 0.3 is 5.97 Å². The fourth-order valence-corrected chi connectivity index (χ4v) is 7.85. The number of fused-ring (bicyclic) bond motifs is 2. The molecular weight excluding hydrogens is 839 g/mol. The number of ether oxygens (including phenoxy) is 1. The number of carbonyl (C=O) groups is 9. The molecule has 18 nitrogen and oxygen atoms in total. The fourth-order valence-electron chi connectivity index (χ4n) is 7.85. The van der Waals surface area contributed by atoms with Gasteiger partial charge in [0.05, 0.1) is 0 Å². The molecule has 0 radical (unpaired) electrons. The molecule has 346 valence electrons. The highest BCUT2D eigenvalue weighted by atomic mass is 16.5. The standard InChI is InChI=1S/C47H57N7O11/c1-29-25-36-47(64)65-28-34(45(62)53-24-16-19-35(53)46(63)52(4)31(3)42(59)48-30(2)44(61)54(36)27-29)50-43(60)33(26-32-17-12-11-13-18-32)49-39(57)20-14-9-7-5-6-8-10-15-21-40(58)51-41-37(55)22-23-38(41)56/h5-15,17-18,20-21,29-31,33-36,55H,16,19,22-28H2,1-4H3,(H,48,59)(H,49,57)(H,50,60)(H,51,58)/b6-5+,9-7+,10-8+,20-14+,21-15+/t29-,30?,31+,33?,34+,35+,36+/m1/s1. The number of benzene rings is 1. The fraction of sp³-hybridized carbons (Fsp3) is 0.426. The summed E-state index contributed by atoms with van der Waals surface area (Å²) in [5.74, 6) is -5.59. The Kier molecular flexibility index (Phi) is 17.3. The topological polar surface area (TPSA) is 241 Å². The van der Waals surface area contributed by atoms with Gasteiger partial charge in [0.1, 0.15) is 54.3 Å². The van der Waals surface area contributed by atoms with E-state index in [-0.39, 0.29) is 68.4 Å². The van der Waals surface area contributed by atoms with E-state index in [4.69, 9.17) is 4.74 Å². The SMILES string of the molecule is CC1NC(=O)[C@H](C)N(C)C(=O)[C@@H]2CCCN2C(=O)[C@@H](NC(=O)C(Cc2ccccc2)NC(=O)/C=C/C=C/C=C/C=C/C=C/C(=O)NC2=C(O)CCC2=O)COC(=O)[C@@H]2C[C@@H](C)CN2C1=O. The first-order valence-corrected chi connectivity index (χ1v) is 21.7. The number of allylic oxidation sites excluding steroid dienone is 10. The smallest absolute Gasteiger partial charge is 0.328 e. The number of rotatable bonds is 12.